The Hall–Kier alpha value is -1.35. The molecule has 0 fully saturated rings. The number of hydrogen-bond donors (Lipinski definition) is 0. The van der Waals surface area contributed by atoms with Crippen molar-refractivity contribution in [2.45, 2.75) is 40.2 Å². The summed E-state index contributed by atoms with van der Waals surface area (Å²) in [7, 11) is 0. The fourth-order valence-corrected chi connectivity index (χ4v) is 2.33. The van der Waals surface area contributed by atoms with Gasteiger partial charge in [-0.1, -0.05) is 43.7 Å². The van der Waals surface area contributed by atoms with Gasteiger partial charge < -0.3 is 4.74 Å². The van der Waals surface area contributed by atoms with Crippen LogP contribution in [0.1, 0.15) is 37.8 Å². The van der Waals surface area contributed by atoms with Gasteiger partial charge in [0.2, 0.25) is 5.24 Å². The smallest absolute Gasteiger partial charge is 0.321 e. The molecule has 0 aliphatic rings. The van der Waals surface area contributed by atoms with Crippen LogP contribution in [0.15, 0.2) is 24.3 Å². The summed E-state index contributed by atoms with van der Waals surface area (Å²) >= 11 is 5.56. The van der Waals surface area contributed by atoms with E-state index in [-0.39, 0.29) is 6.61 Å². The highest BCUT2D eigenvalue weighted by Gasteiger charge is 2.43. The number of rotatable bonds is 6. The van der Waals surface area contributed by atoms with Crippen molar-refractivity contribution in [1.82, 2.24) is 0 Å². The number of benzene rings is 1. The molecular weight excluding hydrogens is 264 g/mol. The van der Waals surface area contributed by atoms with Crippen LogP contribution in [0, 0.1) is 12.3 Å². The molecule has 0 aliphatic carbocycles. The number of hydrogen-bond acceptors (Lipinski definition) is 3. The van der Waals surface area contributed by atoms with Crippen molar-refractivity contribution in [3.05, 3.63) is 35.4 Å². The zero-order valence-corrected chi connectivity index (χ0v) is 12.3. The lowest BCUT2D eigenvalue weighted by Crippen LogP contribution is -2.37. The Morgan fingerprint density at radius 2 is 1.89 bits per heavy atom. The molecule has 1 aromatic carbocycles. The second-order valence-electron chi connectivity index (χ2n) is 4.63. The number of carbonyl (C=O) groups excluding carboxylic acids is 2. The predicted octanol–water partition coefficient (Wildman–Crippen LogP) is 3.61. The first kappa shape index (κ1) is 15.7. The van der Waals surface area contributed by atoms with Gasteiger partial charge in [0.1, 0.15) is 12.0 Å². The van der Waals surface area contributed by atoms with Crippen LogP contribution in [-0.4, -0.2) is 11.2 Å². The van der Waals surface area contributed by atoms with Gasteiger partial charge in [0.15, 0.2) is 0 Å². The van der Waals surface area contributed by atoms with Crippen LogP contribution in [0.5, 0.6) is 0 Å². The molecule has 19 heavy (non-hydrogen) atoms. The maximum atomic E-state index is 12.1. The number of carbonyl (C=O) groups is 2. The largest absolute Gasteiger partial charge is 0.460 e. The molecule has 4 heteroatoms. The van der Waals surface area contributed by atoms with Crippen molar-refractivity contribution < 1.29 is 14.3 Å². The van der Waals surface area contributed by atoms with Crippen molar-refractivity contribution in [3.63, 3.8) is 0 Å². The first-order valence-electron chi connectivity index (χ1n) is 6.39. The molecule has 0 radical (unpaired) electrons. The van der Waals surface area contributed by atoms with Crippen LogP contribution < -0.4 is 0 Å². The van der Waals surface area contributed by atoms with Gasteiger partial charge in [-0.05, 0) is 36.9 Å². The van der Waals surface area contributed by atoms with Gasteiger partial charge >= 0.3 is 5.97 Å². The summed E-state index contributed by atoms with van der Waals surface area (Å²) in [6.45, 7) is 5.65. The zero-order chi connectivity index (χ0) is 14.5. The Kier molecular flexibility index (Phi) is 5.55. The van der Waals surface area contributed by atoms with E-state index in [2.05, 4.69) is 0 Å². The van der Waals surface area contributed by atoms with Gasteiger partial charge in [0.05, 0.1) is 0 Å². The summed E-state index contributed by atoms with van der Waals surface area (Å²) in [6.07, 6.45) is 0.691. The summed E-state index contributed by atoms with van der Waals surface area (Å²) in [4.78, 5) is 23.6. The lowest BCUT2D eigenvalue weighted by Gasteiger charge is -2.24. The molecule has 0 bridgehead atoms. The summed E-state index contributed by atoms with van der Waals surface area (Å²) in [6, 6.07) is 7.69. The van der Waals surface area contributed by atoms with Gasteiger partial charge in [-0.25, -0.2) is 0 Å². The Morgan fingerprint density at radius 1 is 1.26 bits per heavy atom. The highest BCUT2D eigenvalue weighted by molar-refractivity contribution is 6.66. The van der Waals surface area contributed by atoms with E-state index >= 15 is 0 Å². The molecule has 3 nitrogen and oxygen atoms in total. The molecule has 0 aromatic heterocycles. The highest BCUT2D eigenvalue weighted by Crippen LogP contribution is 2.31. The average Bonchev–Trinajstić information content (AvgIpc) is 2.38. The van der Waals surface area contributed by atoms with E-state index in [1.807, 2.05) is 31.2 Å². The second kappa shape index (κ2) is 6.71. The van der Waals surface area contributed by atoms with E-state index in [1.165, 1.54) is 0 Å². The Bertz CT molecular complexity index is 464. The predicted molar refractivity (Wildman–Crippen MR) is 74.9 cm³/mol. The van der Waals surface area contributed by atoms with E-state index in [1.54, 1.807) is 13.8 Å². The molecule has 0 saturated heterocycles. The van der Waals surface area contributed by atoms with Crippen LogP contribution in [0.4, 0.5) is 0 Å². The van der Waals surface area contributed by atoms with Crippen molar-refractivity contribution in [2.75, 3.05) is 0 Å². The first-order valence-corrected chi connectivity index (χ1v) is 6.76. The van der Waals surface area contributed by atoms with Crippen LogP contribution in [0.2, 0.25) is 0 Å². The maximum Gasteiger partial charge on any atom is 0.321 e. The normalized spacial score (nSPS) is 11.2. The van der Waals surface area contributed by atoms with Gasteiger partial charge in [0, 0.05) is 0 Å². The molecule has 104 valence electrons. The van der Waals surface area contributed by atoms with Crippen LogP contribution in [0.3, 0.4) is 0 Å². The zero-order valence-electron chi connectivity index (χ0n) is 11.5. The fourth-order valence-electron chi connectivity index (χ4n) is 1.99. The minimum Gasteiger partial charge on any atom is -0.460 e. The third-order valence-corrected chi connectivity index (χ3v) is 3.79. The number of halogens is 1. The first-order chi connectivity index (χ1) is 8.96. The fraction of sp³-hybridized carbons (Fsp3) is 0.467. The summed E-state index contributed by atoms with van der Waals surface area (Å²) in [5, 5.41) is -0.647. The quantitative estimate of drug-likeness (QED) is 0.455. The molecule has 0 aliphatic heterocycles. The minimum atomic E-state index is -1.22. The maximum absolute atomic E-state index is 12.1. The average molecular weight is 283 g/mol. The molecule has 0 saturated carbocycles. The summed E-state index contributed by atoms with van der Waals surface area (Å²) in [5.74, 6) is -0.543. The van der Waals surface area contributed by atoms with Crippen molar-refractivity contribution in [2.24, 2.45) is 5.41 Å². The second-order valence-corrected chi connectivity index (χ2v) is 4.97. The Morgan fingerprint density at radius 3 is 2.37 bits per heavy atom. The monoisotopic (exact) mass is 282 g/mol. The van der Waals surface area contributed by atoms with E-state index in [9.17, 15) is 9.59 Å². The molecule has 0 unspecified atom stereocenters. The molecule has 0 heterocycles. The lowest BCUT2D eigenvalue weighted by molar-refractivity contribution is -0.160. The molecule has 1 rings (SSSR count). The van der Waals surface area contributed by atoms with E-state index in [0.717, 1.165) is 11.1 Å². The molecule has 0 atom stereocenters. The van der Waals surface area contributed by atoms with Gasteiger partial charge in [-0.2, -0.15) is 0 Å². The van der Waals surface area contributed by atoms with Crippen molar-refractivity contribution in [3.8, 4) is 0 Å². The van der Waals surface area contributed by atoms with Crippen LogP contribution in [0.25, 0.3) is 0 Å². The molecule has 0 amide bonds. The Labute approximate surface area is 118 Å². The van der Waals surface area contributed by atoms with Crippen molar-refractivity contribution >= 4 is 22.8 Å². The SMILES string of the molecule is CCC(CC)(C(=O)Cl)C(=O)OCc1cccc(C)c1. The summed E-state index contributed by atoms with van der Waals surface area (Å²) < 4.78 is 5.25. The summed E-state index contributed by atoms with van der Waals surface area (Å²) in [5.41, 5.74) is 0.779. The van der Waals surface area contributed by atoms with Crippen LogP contribution in [-0.2, 0) is 20.9 Å². The van der Waals surface area contributed by atoms with E-state index in [0.29, 0.717) is 12.8 Å². The number of aryl methyl sites for hydroxylation is 1. The minimum absolute atomic E-state index is 0.159. The van der Waals surface area contributed by atoms with E-state index in [4.69, 9.17) is 16.3 Å². The van der Waals surface area contributed by atoms with Gasteiger partial charge in [0.25, 0.3) is 0 Å². The van der Waals surface area contributed by atoms with E-state index < -0.39 is 16.6 Å². The van der Waals surface area contributed by atoms with Gasteiger partial charge in [-0.15, -0.1) is 0 Å². The van der Waals surface area contributed by atoms with Crippen LogP contribution >= 0.6 is 11.6 Å². The Balaban J connectivity index is 2.76. The lowest BCUT2D eigenvalue weighted by atomic mass is 9.84. The molecule has 1 aromatic rings. The molecule has 0 N–H and O–H groups in total. The highest BCUT2D eigenvalue weighted by atomic mass is 35.5. The topological polar surface area (TPSA) is 43.4 Å². The van der Waals surface area contributed by atoms with Crippen molar-refractivity contribution in [1.29, 1.82) is 0 Å². The number of ether oxygens (including phenoxy) is 1. The molecular formula is C15H19ClO3. The van der Waals surface area contributed by atoms with Gasteiger partial charge in [-0.3, -0.25) is 9.59 Å². The third kappa shape index (κ3) is 3.57. The number of esters is 1. The standard InChI is InChI=1S/C15H19ClO3/c1-4-15(5-2,13(16)17)14(18)19-10-12-8-6-7-11(3)9-12/h6-9H,4-5,10H2,1-3H3. The third-order valence-electron chi connectivity index (χ3n) is 3.43. The molecule has 0 spiro atoms.